The van der Waals surface area contributed by atoms with Crippen molar-refractivity contribution in [3.8, 4) is 5.75 Å². The smallest absolute Gasteiger partial charge is 0.119 e. The Labute approximate surface area is 83.6 Å². The molecule has 1 heteroatoms. The number of ether oxygens (including phenoxy) is 1. The molecule has 0 heterocycles. The van der Waals surface area contributed by atoms with Crippen LogP contribution in [0.5, 0.6) is 5.75 Å². The Morgan fingerprint density at radius 2 is 2.07 bits per heavy atom. The lowest BCUT2D eigenvalue weighted by Crippen LogP contribution is -1.83. The van der Waals surface area contributed by atoms with Crippen molar-refractivity contribution >= 4 is 16.8 Å². The van der Waals surface area contributed by atoms with Gasteiger partial charge in [-0.05, 0) is 28.5 Å². The van der Waals surface area contributed by atoms with E-state index in [-0.39, 0.29) is 0 Å². The molecule has 0 aromatic heterocycles. The van der Waals surface area contributed by atoms with Gasteiger partial charge in [-0.3, -0.25) is 0 Å². The summed E-state index contributed by atoms with van der Waals surface area (Å²) in [6.45, 7) is 3.79. The summed E-state index contributed by atoms with van der Waals surface area (Å²) in [7, 11) is 1.68. The number of hydrogen-bond donors (Lipinski definition) is 0. The van der Waals surface area contributed by atoms with E-state index in [2.05, 4.69) is 24.8 Å². The van der Waals surface area contributed by atoms with Gasteiger partial charge in [-0.15, -0.1) is 0 Å². The highest BCUT2D eigenvalue weighted by Gasteiger charge is 1.98. The Bertz CT molecular complexity index is 472. The Kier molecular flexibility index (Phi) is 2.23. The first-order valence-electron chi connectivity index (χ1n) is 4.54. The lowest BCUT2D eigenvalue weighted by Gasteiger charge is -2.04. The van der Waals surface area contributed by atoms with Gasteiger partial charge < -0.3 is 4.74 Å². The molecule has 0 amide bonds. The molecule has 2 aromatic carbocycles. The van der Waals surface area contributed by atoms with E-state index in [1.165, 1.54) is 10.8 Å². The van der Waals surface area contributed by atoms with Crippen LogP contribution in [0.25, 0.3) is 16.8 Å². The summed E-state index contributed by atoms with van der Waals surface area (Å²) in [6.07, 6.45) is 1.87. The molecule has 1 nitrogen and oxygen atoms in total. The molecule has 0 saturated heterocycles. The summed E-state index contributed by atoms with van der Waals surface area (Å²) in [5.74, 6) is 0.888. The van der Waals surface area contributed by atoms with Crippen molar-refractivity contribution in [3.05, 3.63) is 48.5 Å². The summed E-state index contributed by atoms with van der Waals surface area (Å²) in [5.41, 5.74) is 1.16. The van der Waals surface area contributed by atoms with Crippen molar-refractivity contribution in [1.82, 2.24) is 0 Å². The monoisotopic (exact) mass is 184 g/mol. The largest absolute Gasteiger partial charge is 0.497 e. The average Bonchev–Trinajstić information content (AvgIpc) is 2.27. The summed E-state index contributed by atoms with van der Waals surface area (Å²) < 4.78 is 5.17. The zero-order chi connectivity index (χ0) is 9.97. The van der Waals surface area contributed by atoms with Gasteiger partial charge in [0.25, 0.3) is 0 Å². The van der Waals surface area contributed by atoms with E-state index in [0.29, 0.717) is 0 Å². The van der Waals surface area contributed by atoms with Crippen LogP contribution in [0, 0.1) is 0 Å². The molecule has 0 atom stereocenters. The number of benzene rings is 2. The molecule has 2 rings (SSSR count). The lowest BCUT2D eigenvalue weighted by atomic mass is 10.0. The molecule has 0 aliphatic rings. The summed E-state index contributed by atoms with van der Waals surface area (Å²) >= 11 is 0. The Morgan fingerprint density at radius 3 is 2.79 bits per heavy atom. The molecule has 70 valence electrons. The Hall–Kier alpha value is -1.76. The molecule has 0 unspecified atom stereocenters. The normalized spacial score (nSPS) is 10.1. The molecule has 2 aromatic rings. The van der Waals surface area contributed by atoms with Gasteiger partial charge in [-0.1, -0.05) is 36.9 Å². The molecule has 14 heavy (non-hydrogen) atoms. The fraction of sp³-hybridized carbons (Fsp3) is 0.0769. The van der Waals surface area contributed by atoms with Crippen molar-refractivity contribution in [2.24, 2.45) is 0 Å². The van der Waals surface area contributed by atoms with E-state index in [1.54, 1.807) is 7.11 Å². The number of methoxy groups -OCH3 is 1. The third-order valence-electron chi connectivity index (χ3n) is 2.34. The molecule has 0 N–H and O–H groups in total. The van der Waals surface area contributed by atoms with Crippen LogP contribution in [0.15, 0.2) is 43.0 Å². The van der Waals surface area contributed by atoms with Crippen LogP contribution >= 0.6 is 0 Å². The average molecular weight is 184 g/mol. The van der Waals surface area contributed by atoms with Gasteiger partial charge in [0.1, 0.15) is 5.75 Å². The zero-order valence-corrected chi connectivity index (χ0v) is 8.16. The third kappa shape index (κ3) is 1.37. The first-order valence-corrected chi connectivity index (χ1v) is 4.54. The molecule has 0 aliphatic heterocycles. The standard InChI is InChI=1S/C13H12O/c1-3-10-5-4-6-11-9-12(14-2)7-8-13(10)11/h3-9H,1H2,2H3. The minimum atomic E-state index is 0.888. The van der Waals surface area contributed by atoms with E-state index >= 15 is 0 Å². The van der Waals surface area contributed by atoms with Gasteiger partial charge in [-0.2, -0.15) is 0 Å². The van der Waals surface area contributed by atoms with Gasteiger partial charge >= 0.3 is 0 Å². The summed E-state index contributed by atoms with van der Waals surface area (Å²) in [6, 6.07) is 12.2. The van der Waals surface area contributed by atoms with E-state index in [0.717, 1.165) is 11.3 Å². The second-order valence-electron chi connectivity index (χ2n) is 3.14. The van der Waals surface area contributed by atoms with Gasteiger partial charge in [0, 0.05) is 0 Å². The van der Waals surface area contributed by atoms with Crippen LogP contribution in [-0.2, 0) is 0 Å². The Balaban J connectivity index is 2.73. The van der Waals surface area contributed by atoms with E-state index in [4.69, 9.17) is 4.74 Å². The zero-order valence-electron chi connectivity index (χ0n) is 8.16. The molecule has 0 aliphatic carbocycles. The van der Waals surface area contributed by atoms with Crippen LogP contribution in [0.3, 0.4) is 0 Å². The molecule has 0 spiro atoms. The first-order chi connectivity index (χ1) is 6.85. The summed E-state index contributed by atoms with van der Waals surface area (Å²) in [4.78, 5) is 0. The van der Waals surface area contributed by atoms with Crippen molar-refractivity contribution in [3.63, 3.8) is 0 Å². The molecule has 0 radical (unpaired) electrons. The maximum atomic E-state index is 5.17. The maximum Gasteiger partial charge on any atom is 0.119 e. The second-order valence-corrected chi connectivity index (χ2v) is 3.14. The minimum Gasteiger partial charge on any atom is -0.497 e. The molecular weight excluding hydrogens is 172 g/mol. The van der Waals surface area contributed by atoms with Gasteiger partial charge in [0.15, 0.2) is 0 Å². The van der Waals surface area contributed by atoms with Gasteiger partial charge in [-0.25, -0.2) is 0 Å². The lowest BCUT2D eigenvalue weighted by molar-refractivity contribution is 0.415. The van der Waals surface area contributed by atoms with Crippen molar-refractivity contribution in [2.75, 3.05) is 7.11 Å². The van der Waals surface area contributed by atoms with Gasteiger partial charge in [0.05, 0.1) is 7.11 Å². The van der Waals surface area contributed by atoms with Crippen molar-refractivity contribution < 1.29 is 4.74 Å². The number of rotatable bonds is 2. The SMILES string of the molecule is C=Cc1cccc2cc(OC)ccc12. The summed E-state index contributed by atoms with van der Waals surface area (Å²) in [5, 5.41) is 2.39. The predicted molar refractivity (Wildman–Crippen MR) is 60.6 cm³/mol. The third-order valence-corrected chi connectivity index (χ3v) is 2.34. The van der Waals surface area contributed by atoms with Crippen molar-refractivity contribution in [2.45, 2.75) is 0 Å². The Morgan fingerprint density at radius 1 is 1.21 bits per heavy atom. The van der Waals surface area contributed by atoms with E-state index in [9.17, 15) is 0 Å². The maximum absolute atomic E-state index is 5.17. The minimum absolute atomic E-state index is 0.888. The topological polar surface area (TPSA) is 9.23 Å². The highest BCUT2D eigenvalue weighted by atomic mass is 16.5. The van der Waals surface area contributed by atoms with Gasteiger partial charge in [0.2, 0.25) is 0 Å². The number of hydrogen-bond acceptors (Lipinski definition) is 1. The number of fused-ring (bicyclic) bond motifs is 1. The van der Waals surface area contributed by atoms with Crippen LogP contribution in [0.4, 0.5) is 0 Å². The fourth-order valence-electron chi connectivity index (χ4n) is 1.59. The molecule has 0 bridgehead atoms. The second kappa shape index (κ2) is 3.54. The highest BCUT2D eigenvalue weighted by Crippen LogP contribution is 2.24. The van der Waals surface area contributed by atoms with Crippen molar-refractivity contribution in [1.29, 1.82) is 0 Å². The quantitative estimate of drug-likeness (QED) is 0.694. The van der Waals surface area contributed by atoms with E-state index < -0.39 is 0 Å². The van der Waals surface area contributed by atoms with Crippen LogP contribution < -0.4 is 4.74 Å². The van der Waals surface area contributed by atoms with Crippen LogP contribution in [-0.4, -0.2) is 7.11 Å². The molecular formula is C13H12O. The highest BCUT2D eigenvalue weighted by molar-refractivity contribution is 5.91. The van der Waals surface area contributed by atoms with E-state index in [1.807, 2.05) is 24.3 Å². The van der Waals surface area contributed by atoms with Crippen LogP contribution in [0.2, 0.25) is 0 Å². The molecule has 0 saturated carbocycles. The van der Waals surface area contributed by atoms with Crippen LogP contribution in [0.1, 0.15) is 5.56 Å². The fourth-order valence-corrected chi connectivity index (χ4v) is 1.59. The first kappa shape index (κ1) is 8.82. The molecule has 0 fully saturated rings. The predicted octanol–water partition coefficient (Wildman–Crippen LogP) is 3.49.